The SMILES string of the molecule is O=C(O)C1CCN(c2nc(NCc3nnc(-c4ccccc4)[nH]3)n3ncc(Br)c3n2)CC1. The standard InChI is InChI=1S/C20H20BrN9O2/c21-14-10-23-30-17(14)25-20(29-8-6-13(7-9-29)18(31)32)26-19(30)22-11-15-24-16(28-27-15)12-4-2-1-3-5-12/h1-5,10,13H,6-9,11H2,(H,31,32)(H,22,25,26)(H,24,27,28). The minimum atomic E-state index is -0.746. The molecule has 3 aromatic heterocycles. The number of aromatic amines is 1. The van der Waals surface area contributed by atoms with E-state index in [9.17, 15) is 9.90 Å². The molecular weight excluding hydrogens is 478 g/mol. The van der Waals surface area contributed by atoms with Gasteiger partial charge in [-0.1, -0.05) is 30.3 Å². The number of rotatable bonds is 6. The summed E-state index contributed by atoms with van der Waals surface area (Å²) in [6.07, 6.45) is 2.79. The number of benzene rings is 1. The number of piperidine rings is 1. The van der Waals surface area contributed by atoms with Crippen LogP contribution in [0.15, 0.2) is 41.0 Å². The number of halogens is 1. The number of nitrogens with zero attached hydrogens (tertiary/aromatic N) is 7. The summed E-state index contributed by atoms with van der Waals surface area (Å²) in [5.74, 6) is 1.33. The van der Waals surface area contributed by atoms with Gasteiger partial charge in [0, 0.05) is 18.7 Å². The Morgan fingerprint density at radius 2 is 1.97 bits per heavy atom. The lowest BCUT2D eigenvalue weighted by Gasteiger charge is -2.30. The first kappa shape index (κ1) is 20.4. The number of aromatic nitrogens is 7. The number of hydrogen-bond donors (Lipinski definition) is 3. The fourth-order valence-electron chi connectivity index (χ4n) is 3.69. The minimum absolute atomic E-state index is 0.320. The molecule has 1 aliphatic heterocycles. The molecule has 3 N–H and O–H groups in total. The number of H-pyrrole nitrogens is 1. The monoisotopic (exact) mass is 497 g/mol. The fourth-order valence-corrected chi connectivity index (χ4v) is 4.04. The van der Waals surface area contributed by atoms with Gasteiger partial charge >= 0.3 is 5.97 Å². The molecule has 1 aliphatic rings. The predicted octanol–water partition coefficient (Wildman–Crippen LogP) is 2.58. The second-order valence-electron chi connectivity index (χ2n) is 7.51. The van der Waals surface area contributed by atoms with Gasteiger partial charge in [0.1, 0.15) is 5.82 Å². The van der Waals surface area contributed by atoms with Gasteiger partial charge in [0.15, 0.2) is 11.5 Å². The zero-order valence-electron chi connectivity index (χ0n) is 16.9. The first-order valence-corrected chi connectivity index (χ1v) is 11.0. The largest absolute Gasteiger partial charge is 0.481 e. The van der Waals surface area contributed by atoms with Crippen LogP contribution in [-0.4, -0.2) is 58.9 Å². The van der Waals surface area contributed by atoms with E-state index in [-0.39, 0.29) is 5.92 Å². The first-order chi connectivity index (χ1) is 15.6. The van der Waals surface area contributed by atoms with Gasteiger partial charge in [0.25, 0.3) is 0 Å². The van der Waals surface area contributed by atoms with Crippen molar-refractivity contribution in [2.75, 3.05) is 23.3 Å². The molecule has 0 amide bonds. The van der Waals surface area contributed by atoms with E-state index in [2.05, 4.69) is 51.5 Å². The van der Waals surface area contributed by atoms with Gasteiger partial charge in [-0.15, -0.1) is 10.2 Å². The summed E-state index contributed by atoms with van der Waals surface area (Å²) in [6.45, 7) is 1.53. The van der Waals surface area contributed by atoms with Gasteiger partial charge < -0.3 is 20.3 Å². The molecule has 164 valence electrons. The lowest BCUT2D eigenvalue weighted by atomic mass is 9.97. The highest BCUT2D eigenvalue weighted by molar-refractivity contribution is 9.10. The van der Waals surface area contributed by atoms with Gasteiger partial charge in [-0.2, -0.15) is 19.6 Å². The van der Waals surface area contributed by atoms with Crippen LogP contribution in [-0.2, 0) is 11.3 Å². The van der Waals surface area contributed by atoms with E-state index in [0.29, 0.717) is 61.7 Å². The summed E-state index contributed by atoms with van der Waals surface area (Å²) in [4.78, 5) is 25.8. The maximum absolute atomic E-state index is 11.3. The number of nitrogens with one attached hydrogen (secondary N) is 2. The van der Waals surface area contributed by atoms with Crippen molar-refractivity contribution in [2.45, 2.75) is 19.4 Å². The molecule has 0 unspecified atom stereocenters. The number of anilines is 2. The van der Waals surface area contributed by atoms with E-state index in [1.54, 1.807) is 10.7 Å². The van der Waals surface area contributed by atoms with Gasteiger partial charge in [0.05, 0.1) is 23.1 Å². The highest BCUT2D eigenvalue weighted by Crippen LogP contribution is 2.25. The van der Waals surface area contributed by atoms with Crippen molar-refractivity contribution in [3.63, 3.8) is 0 Å². The maximum atomic E-state index is 11.3. The van der Waals surface area contributed by atoms with Crippen molar-refractivity contribution in [3.05, 3.63) is 46.8 Å². The second kappa shape index (κ2) is 8.54. The van der Waals surface area contributed by atoms with Crippen LogP contribution in [0.2, 0.25) is 0 Å². The van der Waals surface area contributed by atoms with Crippen LogP contribution in [0.1, 0.15) is 18.7 Å². The van der Waals surface area contributed by atoms with Crippen LogP contribution in [0.5, 0.6) is 0 Å². The van der Waals surface area contributed by atoms with Crippen molar-refractivity contribution in [3.8, 4) is 11.4 Å². The summed E-state index contributed by atoms with van der Waals surface area (Å²) >= 11 is 3.49. The Morgan fingerprint density at radius 3 is 2.72 bits per heavy atom. The third-order valence-electron chi connectivity index (χ3n) is 5.43. The normalized spacial score (nSPS) is 14.7. The van der Waals surface area contributed by atoms with Crippen LogP contribution in [0.4, 0.5) is 11.9 Å². The summed E-state index contributed by atoms with van der Waals surface area (Å²) < 4.78 is 2.36. The third-order valence-corrected chi connectivity index (χ3v) is 5.99. The molecule has 1 saturated heterocycles. The lowest BCUT2D eigenvalue weighted by Crippen LogP contribution is -2.37. The molecule has 4 aromatic rings. The summed E-state index contributed by atoms with van der Waals surface area (Å²) in [5, 5.41) is 25.3. The molecule has 0 saturated carbocycles. The Kier molecular flexibility index (Phi) is 5.43. The number of fused-ring (bicyclic) bond motifs is 1. The number of hydrogen-bond acceptors (Lipinski definition) is 8. The van der Waals surface area contributed by atoms with E-state index < -0.39 is 5.97 Å². The van der Waals surface area contributed by atoms with Crippen molar-refractivity contribution < 1.29 is 9.90 Å². The Labute approximate surface area is 191 Å². The molecule has 11 nitrogen and oxygen atoms in total. The van der Waals surface area contributed by atoms with Crippen LogP contribution >= 0.6 is 15.9 Å². The van der Waals surface area contributed by atoms with Crippen molar-refractivity contribution in [1.82, 2.24) is 34.8 Å². The number of aliphatic carboxylic acids is 1. The Hall–Kier alpha value is -3.54. The Balaban J connectivity index is 1.37. The maximum Gasteiger partial charge on any atom is 0.306 e. The van der Waals surface area contributed by atoms with Gasteiger partial charge in [-0.05, 0) is 28.8 Å². The highest BCUT2D eigenvalue weighted by atomic mass is 79.9. The van der Waals surface area contributed by atoms with Gasteiger partial charge in [0.2, 0.25) is 11.9 Å². The van der Waals surface area contributed by atoms with Crippen LogP contribution in [0, 0.1) is 5.92 Å². The fraction of sp³-hybridized carbons (Fsp3) is 0.300. The topological polar surface area (TPSA) is 137 Å². The highest BCUT2D eigenvalue weighted by Gasteiger charge is 2.26. The molecule has 0 bridgehead atoms. The zero-order chi connectivity index (χ0) is 22.1. The quantitative estimate of drug-likeness (QED) is 0.366. The van der Waals surface area contributed by atoms with Crippen molar-refractivity contribution in [2.24, 2.45) is 5.92 Å². The van der Waals surface area contributed by atoms with E-state index in [1.807, 2.05) is 35.2 Å². The second-order valence-corrected chi connectivity index (χ2v) is 8.37. The van der Waals surface area contributed by atoms with E-state index in [4.69, 9.17) is 0 Å². The molecule has 0 radical (unpaired) electrons. The molecule has 0 spiro atoms. The molecular formula is C20H20BrN9O2. The Bertz CT molecular complexity index is 1250. The summed E-state index contributed by atoms with van der Waals surface area (Å²) in [5.41, 5.74) is 1.58. The number of carbonyl (C=O) groups is 1. The first-order valence-electron chi connectivity index (χ1n) is 10.2. The molecule has 1 fully saturated rings. The van der Waals surface area contributed by atoms with Gasteiger partial charge in [-0.3, -0.25) is 4.79 Å². The molecule has 1 aromatic carbocycles. The summed E-state index contributed by atoms with van der Waals surface area (Å²) in [7, 11) is 0. The predicted molar refractivity (Wildman–Crippen MR) is 120 cm³/mol. The average molecular weight is 498 g/mol. The molecule has 0 atom stereocenters. The summed E-state index contributed by atoms with van der Waals surface area (Å²) in [6, 6.07) is 9.78. The third kappa shape index (κ3) is 4.00. The smallest absolute Gasteiger partial charge is 0.306 e. The average Bonchev–Trinajstić information content (AvgIpc) is 3.45. The lowest BCUT2D eigenvalue weighted by molar-refractivity contribution is -0.142. The van der Waals surface area contributed by atoms with Crippen LogP contribution in [0.3, 0.4) is 0 Å². The van der Waals surface area contributed by atoms with Crippen LogP contribution in [0.25, 0.3) is 17.0 Å². The number of carboxylic acid groups (broad SMARTS) is 1. The van der Waals surface area contributed by atoms with Crippen LogP contribution < -0.4 is 10.2 Å². The van der Waals surface area contributed by atoms with E-state index in [0.717, 1.165) is 10.0 Å². The molecule has 4 heterocycles. The minimum Gasteiger partial charge on any atom is -0.481 e. The molecule has 12 heteroatoms. The van der Waals surface area contributed by atoms with E-state index >= 15 is 0 Å². The molecule has 32 heavy (non-hydrogen) atoms. The number of carboxylic acids is 1. The Morgan fingerprint density at radius 1 is 1.19 bits per heavy atom. The zero-order valence-corrected chi connectivity index (χ0v) is 18.5. The molecule has 5 rings (SSSR count). The van der Waals surface area contributed by atoms with Crippen molar-refractivity contribution in [1.29, 1.82) is 0 Å². The van der Waals surface area contributed by atoms with Gasteiger partial charge in [-0.25, -0.2) is 0 Å². The van der Waals surface area contributed by atoms with E-state index in [1.165, 1.54) is 0 Å². The molecule has 0 aliphatic carbocycles. The van der Waals surface area contributed by atoms with Crippen molar-refractivity contribution >= 4 is 39.4 Å².